The molecule has 0 spiro atoms. The van der Waals surface area contributed by atoms with Crippen LogP contribution in [0.5, 0.6) is 11.5 Å². The van der Waals surface area contributed by atoms with E-state index in [1.165, 1.54) is 0 Å². The van der Waals surface area contributed by atoms with Crippen LogP contribution in [0.1, 0.15) is 16.5 Å². The van der Waals surface area contributed by atoms with E-state index in [1.807, 2.05) is 42.2 Å². The second-order valence-corrected chi connectivity index (χ2v) is 7.81. The topological polar surface area (TPSA) is 50.8 Å². The number of nitrogens with zero attached hydrogens (tertiary/aromatic N) is 1. The zero-order valence-electron chi connectivity index (χ0n) is 14.3. The van der Waals surface area contributed by atoms with Crippen LogP contribution in [0.3, 0.4) is 0 Å². The van der Waals surface area contributed by atoms with Gasteiger partial charge in [0.1, 0.15) is 18.6 Å². The van der Waals surface area contributed by atoms with Crippen molar-refractivity contribution >= 4 is 35.1 Å². The van der Waals surface area contributed by atoms with Crippen LogP contribution in [-0.4, -0.2) is 36.4 Å². The Morgan fingerprint density at radius 3 is 2.81 bits per heavy atom. The van der Waals surface area contributed by atoms with Crippen molar-refractivity contribution in [2.45, 2.75) is 12.3 Å². The van der Waals surface area contributed by atoms with Crippen molar-refractivity contribution < 1.29 is 14.3 Å². The Kier molecular flexibility index (Phi) is 4.87. The first-order chi connectivity index (χ1) is 12.6. The third-order valence-corrected chi connectivity index (χ3v) is 6.09. The van der Waals surface area contributed by atoms with Crippen molar-refractivity contribution in [2.75, 3.05) is 30.8 Å². The number of hydrogen-bond donors (Lipinski definition) is 1. The predicted molar refractivity (Wildman–Crippen MR) is 105 cm³/mol. The van der Waals surface area contributed by atoms with Crippen LogP contribution in [0.15, 0.2) is 36.4 Å². The van der Waals surface area contributed by atoms with Crippen molar-refractivity contribution in [3.05, 3.63) is 52.5 Å². The van der Waals surface area contributed by atoms with E-state index >= 15 is 0 Å². The number of fused-ring (bicyclic) bond motifs is 1. The summed E-state index contributed by atoms with van der Waals surface area (Å²) in [6.07, 6.45) is 0. The Hall–Kier alpha value is -2.05. The number of ether oxygens (including phenoxy) is 2. The fraction of sp³-hybridized carbons (Fsp3) is 0.316. The highest BCUT2D eigenvalue weighted by Crippen LogP contribution is 2.42. The third kappa shape index (κ3) is 3.44. The summed E-state index contributed by atoms with van der Waals surface area (Å²) in [5, 5.41) is 3.54. The number of rotatable bonds is 2. The lowest BCUT2D eigenvalue weighted by Gasteiger charge is -2.26. The number of carbonyl (C=O) groups is 1. The molecule has 4 rings (SSSR count). The standard InChI is InChI=1S/C19H19ClN2O3S/c1-12-2-4-14(11-15(12)20)21-19(23)22-6-9-26-18(22)13-3-5-16-17(10-13)25-8-7-24-16/h2-5,10-11,18H,6-9H2,1H3,(H,21,23). The van der Waals surface area contributed by atoms with Gasteiger partial charge in [0.05, 0.1) is 0 Å². The van der Waals surface area contributed by atoms with Crippen LogP contribution in [0, 0.1) is 6.92 Å². The minimum Gasteiger partial charge on any atom is -0.486 e. The maximum Gasteiger partial charge on any atom is 0.323 e. The van der Waals surface area contributed by atoms with Crippen LogP contribution < -0.4 is 14.8 Å². The zero-order chi connectivity index (χ0) is 18.1. The van der Waals surface area contributed by atoms with E-state index in [1.54, 1.807) is 17.8 Å². The number of amides is 2. The Balaban J connectivity index is 1.52. The van der Waals surface area contributed by atoms with Crippen molar-refractivity contribution in [1.29, 1.82) is 0 Å². The maximum atomic E-state index is 12.8. The van der Waals surface area contributed by atoms with Crippen LogP contribution in [0.25, 0.3) is 0 Å². The van der Waals surface area contributed by atoms with Gasteiger partial charge in [-0.2, -0.15) is 0 Å². The molecule has 2 amide bonds. The molecule has 0 bridgehead atoms. The molecule has 2 aromatic rings. The number of nitrogens with one attached hydrogen (secondary N) is 1. The Bertz CT molecular complexity index is 846. The number of thioether (sulfide) groups is 1. The average Bonchev–Trinajstić information content (AvgIpc) is 3.14. The van der Waals surface area contributed by atoms with Crippen molar-refractivity contribution in [3.8, 4) is 11.5 Å². The van der Waals surface area contributed by atoms with E-state index in [4.69, 9.17) is 21.1 Å². The lowest BCUT2D eigenvalue weighted by molar-refractivity contribution is 0.171. The predicted octanol–water partition coefficient (Wildman–Crippen LogP) is 4.70. The zero-order valence-corrected chi connectivity index (χ0v) is 15.9. The molecule has 2 aliphatic heterocycles. The highest BCUT2D eigenvalue weighted by molar-refractivity contribution is 7.99. The Morgan fingerprint density at radius 2 is 2.00 bits per heavy atom. The molecular formula is C19H19ClN2O3S. The van der Waals surface area contributed by atoms with E-state index in [-0.39, 0.29) is 11.4 Å². The molecule has 1 unspecified atom stereocenters. The van der Waals surface area contributed by atoms with Crippen LogP contribution in [0.4, 0.5) is 10.5 Å². The van der Waals surface area contributed by atoms with Gasteiger partial charge in [-0.15, -0.1) is 11.8 Å². The Labute approximate surface area is 161 Å². The van der Waals surface area contributed by atoms with Gasteiger partial charge < -0.3 is 19.7 Å². The molecule has 136 valence electrons. The molecule has 0 radical (unpaired) electrons. The molecule has 1 fully saturated rings. The first-order valence-electron chi connectivity index (χ1n) is 8.47. The number of carbonyl (C=O) groups excluding carboxylic acids is 1. The molecule has 2 aliphatic rings. The van der Waals surface area contributed by atoms with Crippen LogP contribution >= 0.6 is 23.4 Å². The summed E-state index contributed by atoms with van der Waals surface area (Å²) < 4.78 is 11.2. The summed E-state index contributed by atoms with van der Waals surface area (Å²) in [6, 6.07) is 11.3. The van der Waals surface area contributed by atoms with E-state index in [0.717, 1.165) is 28.4 Å². The van der Waals surface area contributed by atoms with Crippen molar-refractivity contribution in [1.82, 2.24) is 4.90 Å². The number of benzene rings is 2. The van der Waals surface area contributed by atoms with E-state index in [9.17, 15) is 4.79 Å². The molecule has 26 heavy (non-hydrogen) atoms. The van der Waals surface area contributed by atoms with E-state index in [2.05, 4.69) is 5.32 Å². The lowest BCUT2D eigenvalue weighted by Crippen LogP contribution is -2.34. The lowest BCUT2D eigenvalue weighted by atomic mass is 10.1. The normalized spacial score (nSPS) is 18.7. The van der Waals surface area contributed by atoms with Gasteiger partial charge in [0.25, 0.3) is 0 Å². The van der Waals surface area contributed by atoms with Crippen molar-refractivity contribution in [2.24, 2.45) is 0 Å². The summed E-state index contributed by atoms with van der Waals surface area (Å²) in [5.41, 5.74) is 2.72. The molecule has 1 atom stereocenters. The summed E-state index contributed by atoms with van der Waals surface area (Å²) in [4.78, 5) is 14.6. The molecule has 0 aliphatic carbocycles. The van der Waals surface area contributed by atoms with Gasteiger partial charge in [-0.3, -0.25) is 0 Å². The number of urea groups is 1. The number of hydrogen-bond acceptors (Lipinski definition) is 4. The highest BCUT2D eigenvalue weighted by Gasteiger charge is 2.31. The van der Waals surface area contributed by atoms with Gasteiger partial charge in [0, 0.05) is 23.0 Å². The van der Waals surface area contributed by atoms with Gasteiger partial charge in [-0.1, -0.05) is 23.7 Å². The largest absolute Gasteiger partial charge is 0.486 e. The van der Waals surface area contributed by atoms with Crippen LogP contribution in [-0.2, 0) is 0 Å². The number of anilines is 1. The monoisotopic (exact) mass is 390 g/mol. The molecule has 2 heterocycles. The summed E-state index contributed by atoms with van der Waals surface area (Å²) in [5.74, 6) is 2.39. The second-order valence-electron chi connectivity index (χ2n) is 6.21. The molecule has 0 aromatic heterocycles. The van der Waals surface area contributed by atoms with Gasteiger partial charge >= 0.3 is 6.03 Å². The third-order valence-electron chi connectivity index (χ3n) is 4.43. The average molecular weight is 391 g/mol. The first kappa shape index (κ1) is 17.4. The molecular weight excluding hydrogens is 372 g/mol. The summed E-state index contributed by atoms with van der Waals surface area (Å²) in [7, 11) is 0. The smallest absolute Gasteiger partial charge is 0.323 e. The van der Waals surface area contributed by atoms with Gasteiger partial charge in [0.15, 0.2) is 11.5 Å². The SMILES string of the molecule is Cc1ccc(NC(=O)N2CCSC2c2ccc3c(c2)OCCO3)cc1Cl. The van der Waals surface area contributed by atoms with Crippen LogP contribution in [0.2, 0.25) is 5.02 Å². The molecule has 5 nitrogen and oxygen atoms in total. The maximum absolute atomic E-state index is 12.8. The van der Waals surface area contributed by atoms with E-state index in [0.29, 0.717) is 30.5 Å². The molecule has 7 heteroatoms. The highest BCUT2D eigenvalue weighted by atomic mass is 35.5. The van der Waals surface area contributed by atoms with Gasteiger partial charge in [0.2, 0.25) is 0 Å². The Morgan fingerprint density at radius 1 is 1.19 bits per heavy atom. The first-order valence-corrected chi connectivity index (χ1v) is 9.89. The number of halogens is 1. The fourth-order valence-electron chi connectivity index (χ4n) is 3.03. The van der Waals surface area contributed by atoms with Gasteiger partial charge in [-0.25, -0.2) is 4.79 Å². The molecule has 1 saturated heterocycles. The second kappa shape index (κ2) is 7.29. The minimum atomic E-state index is -0.130. The molecule has 2 aromatic carbocycles. The molecule has 1 N–H and O–H groups in total. The van der Waals surface area contributed by atoms with Gasteiger partial charge in [-0.05, 0) is 42.3 Å². The minimum absolute atomic E-state index is 0.0493. The summed E-state index contributed by atoms with van der Waals surface area (Å²) >= 11 is 7.90. The quantitative estimate of drug-likeness (QED) is 0.807. The van der Waals surface area contributed by atoms with E-state index < -0.39 is 0 Å². The van der Waals surface area contributed by atoms with Crippen molar-refractivity contribution in [3.63, 3.8) is 0 Å². The number of aryl methyl sites for hydroxylation is 1. The molecule has 0 saturated carbocycles. The fourth-order valence-corrected chi connectivity index (χ4v) is 4.46. The summed E-state index contributed by atoms with van der Waals surface area (Å²) in [6.45, 7) is 3.74.